The van der Waals surface area contributed by atoms with Gasteiger partial charge >= 0.3 is 5.97 Å². The highest BCUT2D eigenvalue weighted by Gasteiger charge is 2.44. The Labute approximate surface area is 732 Å². The molecule has 0 spiro atoms. The molecule has 42 heteroatoms. The van der Waals surface area contributed by atoms with Crippen molar-refractivity contribution < 1.29 is 104 Å². The lowest BCUT2D eigenvalue weighted by molar-refractivity contribution is -0.401. The molecule has 0 radical (unpaired) electrons. The highest BCUT2D eigenvalue weighted by atomic mass is 33.1. The number of aliphatic carboxylic acids is 1. The highest BCUT2D eigenvalue weighted by molar-refractivity contribution is 8.76. The maximum Gasteiger partial charge on any atom is 0.305 e. The number of para-hydroxylation sites is 1. The molecule has 4 aliphatic rings. The molecule has 0 aliphatic carbocycles. The number of ether oxygens (including phenoxy) is 4. The number of carbonyl (C=O) groups is 13. The topological polar surface area (TPSA) is 563 Å². The van der Waals surface area contributed by atoms with Crippen molar-refractivity contribution in [3.63, 3.8) is 0 Å². The molecule has 4 aliphatic heterocycles. The molecule has 3 aromatic rings. The molecule has 0 aromatic heterocycles. The van der Waals surface area contributed by atoms with Crippen LogP contribution in [0.2, 0.25) is 0 Å². The van der Waals surface area contributed by atoms with Crippen molar-refractivity contribution in [2.45, 2.75) is 156 Å². The van der Waals surface area contributed by atoms with Crippen molar-refractivity contribution in [1.82, 2.24) is 63.8 Å². The predicted molar refractivity (Wildman–Crippen MR) is 466 cm³/mol. The summed E-state index contributed by atoms with van der Waals surface area (Å²) in [6.07, 6.45) is 11.5. The summed E-state index contributed by atoms with van der Waals surface area (Å²) in [4.78, 5) is 180. The van der Waals surface area contributed by atoms with Gasteiger partial charge in [0.05, 0.1) is 68.7 Å². The van der Waals surface area contributed by atoms with E-state index in [0.29, 0.717) is 31.4 Å². The second kappa shape index (κ2) is 51.1. The number of amides is 12. The molecule has 3 aromatic carbocycles. The number of benzene rings is 3. The fourth-order valence-electron chi connectivity index (χ4n) is 13.9. The second-order valence-corrected chi connectivity index (χ2v) is 35.5. The summed E-state index contributed by atoms with van der Waals surface area (Å²) in [5.41, 5.74) is 15.9. The first kappa shape index (κ1) is 101. The van der Waals surface area contributed by atoms with Gasteiger partial charge in [0.25, 0.3) is 0 Å². The number of hydrogen-bond acceptors (Lipinski definition) is 25. The van der Waals surface area contributed by atoms with Crippen molar-refractivity contribution >= 4 is 143 Å². The lowest BCUT2D eigenvalue weighted by Crippen LogP contribution is -2.60. The van der Waals surface area contributed by atoms with Crippen molar-refractivity contribution in [3.05, 3.63) is 126 Å². The van der Waals surface area contributed by atoms with Crippen molar-refractivity contribution in [2.75, 3.05) is 127 Å². The fourth-order valence-corrected chi connectivity index (χ4v) is 17.6. The van der Waals surface area contributed by atoms with E-state index in [2.05, 4.69) is 101 Å². The molecule has 2 saturated heterocycles. The van der Waals surface area contributed by atoms with E-state index in [1.54, 1.807) is 36.4 Å². The van der Waals surface area contributed by atoms with Crippen LogP contribution >= 0.6 is 33.3 Å². The van der Waals surface area contributed by atoms with Crippen molar-refractivity contribution in [2.24, 2.45) is 11.5 Å². The van der Waals surface area contributed by atoms with E-state index in [4.69, 9.17) is 35.8 Å². The number of carboxylic acid groups (broad SMARTS) is 1. The van der Waals surface area contributed by atoms with E-state index >= 15 is 0 Å². The van der Waals surface area contributed by atoms with Gasteiger partial charge in [0.15, 0.2) is 11.7 Å². The summed E-state index contributed by atoms with van der Waals surface area (Å²) < 4.78 is 59.2. The van der Waals surface area contributed by atoms with Crippen molar-refractivity contribution in [1.29, 1.82) is 5.41 Å². The zero-order chi connectivity index (χ0) is 90.4. The molecule has 124 heavy (non-hydrogen) atoms. The third kappa shape index (κ3) is 33.2. The minimum atomic E-state index is -4.65. The first-order valence-corrected chi connectivity index (χ1v) is 45.8. The molecule has 38 nitrogen and oxygen atoms in total. The van der Waals surface area contributed by atoms with Gasteiger partial charge in [-0.2, -0.15) is 4.58 Å². The number of nitrogens with two attached hydrogens (primary N) is 2. The first-order chi connectivity index (χ1) is 59.1. The summed E-state index contributed by atoms with van der Waals surface area (Å²) >= 11 is 0.899. The van der Waals surface area contributed by atoms with Crippen LogP contribution in [0.25, 0.3) is 0 Å². The van der Waals surface area contributed by atoms with Crippen LogP contribution in [0, 0.1) is 5.41 Å². The minimum absolute atomic E-state index is 0.0336. The number of fused-ring (bicyclic) bond motifs is 7. The van der Waals surface area contributed by atoms with Crippen LogP contribution in [0.4, 0.5) is 11.4 Å². The van der Waals surface area contributed by atoms with Gasteiger partial charge in [0, 0.05) is 97.3 Å². The third-order valence-electron chi connectivity index (χ3n) is 20.3. The molecule has 18 N–H and O–H groups in total. The Morgan fingerprint density at radius 3 is 1.88 bits per heavy atom. The van der Waals surface area contributed by atoms with E-state index in [-0.39, 0.29) is 150 Å². The van der Waals surface area contributed by atoms with Gasteiger partial charge in [-0.3, -0.25) is 67.7 Å². The van der Waals surface area contributed by atoms with Gasteiger partial charge in [-0.05, 0) is 94.2 Å². The van der Waals surface area contributed by atoms with E-state index < -0.39 is 154 Å². The molecule has 7 rings (SSSR count). The van der Waals surface area contributed by atoms with E-state index in [0.717, 1.165) is 68.1 Å². The maximum atomic E-state index is 14.9. The maximum absolute atomic E-state index is 14.9. The number of carboxylic acids is 1. The van der Waals surface area contributed by atoms with Crippen LogP contribution in [0.1, 0.15) is 109 Å². The molecule has 0 unspecified atom stereocenters. The molecule has 2 bridgehead atoms. The first-order valence-electron chi connectivity index (χ1n) is 40.7. The Morgan fingerprint density at radius 2 is 1.21 bits per heavy atom. The number of thioether (sulfide) groups is 1. The Bertz CT molecular complexity index is 4500. The van der Waals surface area contributed by atoms with Crippen LogP contribution in [-0.2, 0) is 109 Å². The van der Waals surface area contributed by atoms with E-state index in [1.165, 1.54) is 17.7 Å². The van der Waals surface area contributed by atoms with Crippen LogP contribution in [0.3, 0.4) is 0 Å². The SMILES string of the molecule is C[N+]1=C(/C=C/C=C/C=C2/N(CCCCCC(=O)NCCCC[C@@H]3NC(=O)CSC[C@@H](C(=O)NCCOCCOCCOCCNC(=O)COCC(N)=O)NC(=O)[C@H](Cc4ccccc4)NC(=O)[C@@H]4CSSC[C@H](NC3=O)C(=O)N[C@@H](CCCNC(=N)N)C(=O)NCC(=O)N[C@@H](CC(=O)O)C(=O)N4)c3ccccc3C2(C)C)C(C)(C)c2cc(S(=O)(=O)[O-])ccc21. The molecular formula is C82H115N17O21S4. The number of rotatable bonds is 40. The number of nitrogens with one attached hydrogen (secondary N) is 13. The molecule has 12 amide bonds. The summed E-state index contributed by atoms with van der Waals surface area (Å²) in [6, 6.07) is 10.4. The smallest absolute Gasteiger partial charge is 0.305 e. The van der Waals surface area contributed by atoms with Gasteiger partial charge in [-0.1, -0.05) is 109 Å². The number of unbranched alkanes of at least 4 members (excludes halogenated alkanes) is 3. The number of allylic oxidation sites excluding steroid dienone is 6. The van der Waals surface area contributed by atoms with Crippen LogP contribution < -0.4 is 80.2 Å². The monoisotopic (exact) mass is 1800 g/mol. The highest BCUT2D eigenvalue weighted by Crippen LogP contribution is 2.48. The standard InChI is InChI=1S/C82H115N17O21S4/c1-81(2)54-22-14-15-25-64(54)99(66(81)27-12-7-11-26-65-82(3,4)55-43-53(124(114,115)116)29-30-63(55)98(65)5)35-18-8-13-28-68(101)86-31-17-16-23-57-75(109)96-61-49-122-123-50-62(97-77(111)59(44-72(105)106)92-69(102)45-90-73(107)56(93-78(61)112)24-19-32-89-80(84)85)79(113)94-58(42-52-20-9-6-10-21-52)76(110)95-60(48-121-51-71(104)91-57)74(108)88-34-37-118-39-41-119-40-38-117-36-33-87-70(103)47-120-46-67(83)100/h6-7,9-12,14-15,20-22,25-27,29-30,43,56-62H,8,13,16-19,23-24,28,31-42,44-51H2,1-5H3,(H18-,83,84,85,86,87,88,89,90,91,92,93,94,95,96,97,100,101,102,103,104,105,106,107,108,109,110,111,112,113,114,115,116)/t56-,57-,58-,59-,60-,61-,62-/m0/s1. The van der Waals surface area contributed by atoms with Crippen molar-refractivity contribution in [3.8, 4) is 0 Å². The number of primary amides is 1. The number of nitrogens with zero attached hydrogens (tertiary/aromatic N) is 2. The normalized spacial score (nSPS) is 21.0. The Kier molecular flexibility index (Phi) is 41.5. The van der Waals surface area contributed by atoms with E-state index in [1.807, 2.05) is 61.9 Å². The largest absolute Gasteiger partial charge is 0.744 e. The minimum Gasteiger partial charge on any atom is -0.744 e. The Balaban J connectivity index is 1.04. The van der Waals surface area contributed by atoms with Gasteiger partial charge in [0.2, 0.25) is 76.6 Å². The average Bonchev–Trinajstić information content (AvgIpc) is 1.61. The zero-order valence-corrected chi connectivity index (χ0v) is 73.4. The van der Waals surface area contributed by atoms with Gasteiger partial charge < -0.3 is 109 Å². The number of carbonyl (C=O) groups excluding carboxylic acids is 12. The number of anilines is 1. The molecule has 678 valence electrons. The van der Waals surface area contributed by atoms with Gasteiger partial charge in [-0.15, -0.1) is 11.8 Å². The number of hydrogen-bond donors (Lipinski definition) is 16. The molecular weight excluding hydrogens is 1690 g/mol. The summed E-state index contributed by atoms with van der Waals surface area (Å²) in [7, 11) is -0.919. The Hall–Kier alpha value is -10.5. The molecule has 2 fully saturated rings. The van der Waals surface area contributed by atoms with Crippen LogP contribution in [-0.4, -0.2) is 276 Å². The summed E-state index contributed by atoms with van der Waals surface area (Å²) in [5.74, 6) is -12.9. The average molecular weight is 1800 g/mol. The second-order valence-electron chi connectivity index (χ2n) is 30.5. The van der Waals surface area contributed by atoms with Gasteiger partial charge in [0.1, 0.15) is 72.7 Å². The quantitative estimate of drug-likeness (QED) is 0.00658. The van der Waals surface area contributed by atoms with E-state index in [9.17, 15) is 80.4 Å². The summed E-state index contributed by atoms with van der Waals surface area (Å²) in [5, 5.41) is 49.1. The zero-order valence-electron chi connectivity index (χ0n) is 70.2. The fraction of sp³-hybridized carbons (Fsp3) is 0.524. The number of guanidine groups is 1. The third-order valence-corrected chi connectivity index (χ3v) is 24.6. The predicted octanol–water partition coefficient (Wildman–Crippen LogP) is -0.346. The molecule has 4 heterocycles. The lowest BCUT2D eigenvalue weighted by atomic mass is 9.81. The molecule has 7 atom stereocenters. The molecule has 0 saturated carbocycles. The van der Waals surface area contributed by atoms with Crippen LogP contribution in [0.15, 0.2) is 114 Å². The van der Waals surface area contributed by atoms with Gasteiger partial charge in [-0.25, -0.2) is 8.42 Å². The van der Waals surface area contributed by atoms with Crippen LogP contribution in [0.5, 0.6) is 0 Å². The lowest BCUT2D eigenvalue weighted by Gasteiger charge is -2.27. The Morgan fingerprint density at radius 1 is 0.605 bits per heavy atom. The summed E-state index contributed by atoms with van der Waals surface area (Å²) in [6.45, 7) is 8.41.